The van der Waals surface area contributed by atoms with Gasteiger partial charge in [-0.25, -0.2) is 0 Å². The van der Waals surface area contributed by atoms with Gasteiger partial charge in [-0.2, -0.15) is 0 Å². The quantitative estimate of drug-likeness (QED) is 0.691. The lowest BCUT2D eigenvalue weighted by molar-refractivity contribution is 0.439. The third-order valence-corrected chi connectivity index (χ3v) is 2.78. The third-order valence-electron chi connectivity index (χ3n) is 2.78. The summed E-state index contributed by atoms with van der Waals surface area (Å²) in [6.45, 7) is 2.04. The molecule has 3 rings (SSSR count). The van der Waals surface area contributed by atoms with Gasteiger partial charge in [0.25, 0.3) is 0 Å². The molecule has 2 aromatic heterocycles. The van der Waals surface area contributed by atoms with Crippen LogP contribution in [0.25, 0.3) is 22.0 Å². The van der Waals surface area contributed by atoms with E-state index in [0.29, 0.717) is 5.88 Å². The van der Waals surface area contributed by atoms with Crippen LogP contribution < -0.4 is 5.73 Å². The summed E-state index contributed by atoms with van der Waals surface area (Å²) < 4.78 is 4.87. The maximum absolute atomic E-state index is 5.51. The number of nitrogens with two attached hydrogens (primary N) is 1. The average Bonchev–Trinajstić information content (AvgIpc) is 2.76. The van der Waals surface area contributed by atoms with Gasteiger partial charge < -0.3 is 10.3 Å². The van der Waals surface area contributed by atoms with Crippen LogP contribution in [0.5, 0.6) is 0 Å². The molecule has 0 aliphatic heterocycles. The molecular formula is C13H11N3O. The summed E-state index contributed by atoms with van der Waals surface area (Å²) in [6, 6.07) is 7.82. The Hall–Kier alpha value is -2.36. The van der Waals surface area contributed by atoms with Crippen molar-refractivity contribution in [3.8, 4) is 11.3 Å². The Morgan fingerprint density at radius 3 is 2.82 bits per heavy atom. The van der Waals surface area contributed by atoms with E-state index < -0.39 is 0 Å². The number of aromatic nitrogens is 2. The molecule has 0 unspecified atom stereocenters. The zero-order valence-corrected chi connectivity index (χ0v) is 9.34. The number of rotatable bonds is 1. The largest absolute Gasteiger partial charge is 0.368 e. The SMILES string of the molecule is Cc1cncc2cc(-c3cc(N)on3)ccc12. The molecule has 4 nitrogen and oxygen atoms in total. The molecule has 0 saturated heterocycles. The first-order valence-corrected chi connectivity index (χ1v) is 5.31. The number of nitrogen functional groups attached to an aromatic ring is 1. The normalized spacial score (nSPS) is 10.9. The number of hydrogen-bond donors (Lipinski definition) is 1. The second-order valence-electron chi connectivity index (χ2n) is 4.01. The second kappa shape index (κ2) is 3.59. The lowest BCUT2D eigenvalue weighted by Gasteiger charge is -2.02. The molecule has 3 aromatic rings. The van der Waals surface area contributed by atoms with Crippen LogP contribution in [0.2, 0.25) is 0 Å². The molecule has 0 aliphatic carbocycles. The Balaban J connectivity index is 2.20. The maximum atomic E-state index is 5.51. The lowest BCUT2D eigenvalue weighted by atomic mass is 10.0. The zero-order valence-electron chi connectivity index (χ0n) is 9.34. The van der Waals surface area contributed by atoms with Crippen molar-refractivity contribution in [1.82, 2.24) is 10.1 Å². The van der Waals surface area contributed by atoms with Gasteiger partial charge in [0.2, 0.25) is 5.88 Å². The Morgan fingerprint density at radius 1 is 1.18 bits per heavy atom. The van der Waals surface area contributed by atoms with Crippen molar-refractivity contribution in [2.45, 2.75) is 6.92 Å². The van der Waals surface area contributed by atoms with Crippen molar-refractivity contribution in [3.63, 3.8) is 0 Å². The third kappa shape index (κ3) is 1.63. The highest BCUT2D eigenvalue weighted by Gasteiger charge is 2.05. The Kier molecular flexibility index (Phi) is 2.08. The van der Waals surface area contributed by atoms with Crippen LogP contribution in [-0.2, 0) is 0 Å². The van der Waals surface area contributed by atoms with E-state index in [0.717, 1.165) is 22.2 Å². The number of benzene rings is 1. The van der Waals surface area contributed by atoms with E-state index in [1.807, 2.05) is 31.5 Å². The monoisotopic (exact) mass is 225 g/mol. The van der Waals surface area contributed by atoms with E-state index >= 15 is 0 Å². The van der Waals surface area contributed by atoms with Gasteiger partial charge in [-0.1, -0.05) is 17.3 Å². The van der Waals surface area contributed by atoms with Gasteiger partial charge in [-0.3, -0.25) is 4.98 Å². The topological polar surface area (TPSA) is 64.9 Å². The molecule has 0 saturated carbocycles. The summed E-state index contributed by atoms with van der Waals surface area (Å²) >= 11 is 0. The molecule has 0 amide bonds. The van der Waals surface area contributed by atoms with Crippen molar-refractivity contribution in [2.24, 2.45) is 0 Å². The van der Waals surface area contributed by atoms with Gasteiger partial charge in [-0.05, 0) is 23.9 Å². The van der Waals surface area contributed by atoms with Crippen LogP contribution in [0.15, 0.2) is 41.2 Å². The molecule has 0 bridgehead atoms. The van der Waals surface area contributed by atoms with Crippen LogP contribution in [-0.4, -0.2) is 10.1 Å². The van der Waals surface area contributed by atoms with Crippen molar-refractivity contribution in [1.29, 1.82) is 0 Å². The van der Waals surface area contributed by atoms with Crippen LogP contribution in [0.1, 0.15) is 5.56 Å². The van der Waals surface area contributed by atoms with Crippen LogP contribution >= 0.6 is 0 Å². The minimum atomic E-state index is 0.322. The first kappa shape index (κ1) is 9.84. The zero-order chi connectivity index (χ0) is 11.8. The molecule has 4 heteroatoms. The van der Waals surface area contributed by atoms with Crippen LogP contribution in [0, 0.1) is 6.92 Å². The fourth-order valence-electron chi connectivity index (χ4n) is 1.91. The highest BCUT2D eigenvalue weighted by Crippen LogP contribution is 2.25. The molecule has 0 atom stereocenters. The van der Waals surface area contributed by atoms with E-state index in [1.165, 1.54) is 5.39 Å². The summed E-state index contributed by atoms with van der Waals surface area (Å²) in [5.41, 5.74) is 8.39. The molecule has 0 spiro atoms. The predicted octanol–water partition coefficient (Wildman–Crippen LogP) is 2.78. The van der Waals surface area contributed by atoms with E-state index in [1.54, 1.807) is 6.07 Å². The Morgan fingerprint density at radius 2 is 2.06 bits per heavy atom. The Labute approximate surface area is 98.1 Å². The lowest BCUT2D eigenvalue weighted by Crippen LogP contribution is -1.83. The minimum absolute atomic E-state index is 0.322. The second-order valence-corrected chi connectivity index (χ2v) is 4.01. The molecule has 1 aromatic carbocycles. The fraction of sp³-hybridized carbons (Fsp3) is 0.0769. The van der Waals surface area contributed by atoms with Crippen LogP contribution in [0.4, 0.5) is 5.88 Å². The van der Waals surface area contributed by atoms with Crippen molar-refractivity contribution < 1.29 is 4.52 Å². The molecular weight excluding hydrogens is 214 g/mol. The van der Waals surface area contributed by atoms with Gasteiger partial charge in [0.05, 0.1) is 0 Å². The van der Waals surface area contributed by atoms with Gasteiger partial charge in [0, 0.05) is 29.4 Å². The number of nitrogens with zero attached hydrogens (tertiary/aromatic N) is 2. The first-order valence-electron chi connectivity index (χ1n) is 5.31. The van der Waals surface area contributed by atoms with Crippen LogP contribution in [0.3, 0.4) is 0 Å². The van der Waals surface area contributed by atoms with Gasteiger partial charge in [-0.15, -0.1) is 0 Å². The van der Waals surface area contributed by atoms with Gasteiger partial charge >= 0.3 is 0 Å². The molecule has 0 radical (unpaired) electrons. The molecule has 2 heterocycles. The molecule has 17 heavy (non-hydrogen) atoms. The van der Waals surface area contributed by atoms with Crippen molar-refractivity contribution >= 4 is 16.7 Å². The summed E-state index contributed by atoms with van der Waals surface area (Å²) in [4.78, 5) is 4.18. The van der Waals surface area contributed by atoms with Gasteiger partial charge in [0.15, 0.2) is 0 Å². The predicted molar refractivity (Wildman–Crippen MR) is 66.4 cm³/mol. The summed E-state index contributed by atoms with van der Waals surface area (Å²) in [7, 11) is 0. The maximum Gasteiger partial charge on any atom is 0.222 e. The number of hydrogen-bond acceptors (Lipinski definition) is 4. The number of anilines is 1. The highest BCUT2D eigenvalue weighted by molar-refractivity contribution is 5.88. The summed E-state index contributed by atoms with van der Waals surface area (Å²) in [5.74, 6) is 0.322. The van der Waals surface area contributed by atoms with E-state index in [-0.39, 0.29) is 0 Å². The summed E-state index contributed by atoms with van der Waals surface area (Å²) in [6.07, 6.45) is 3.70. The minimum Gasteiger partial charge on any atom is -0.368 e. The van der Waals surface area contributed by atoms with Crippen molar-refractivity contribution in [2.75, 3.05) is 5.73 Å². The fourth-order valence-corrected chi connectivity index (χ4v) is 1.91. The average molecular weight is 225 g/mol. The summed E-state index contributed by atoms with van der Waals surface area (Å²) in [5, 5.41) is 6.18. The van der Waals surface area contributed by atoms with E-state index in [4.69, 9.17) is 10.3 Å². The van der Waals surface area contributed by atoms with E-state index in [9.17, 15) is 0 Å². The molecule has 0 aliphatic rings. The Bertz CT molecular complexity index is 688. The number of aryl methyl sites for hydroxylation is 1. The van der Waals surface area contributed by atoms with Crippen molar-refractivity contribution in [3.05, 3.63) is 42.2 Å². The molecule has 2 N–H and O–H groups in total. The smallest absolute Gasteiger partial charge is 0.222 e. The molecule has 0 fully saturated rings. The first-order chi connectivity index (χ1) is 8.24. The van der Waals surface area contributed by atoms with E-state index in [2.05, 4.69) is 16.2 Å². The highest BCUT2D eigenvalue weighted by atomic mass is 16.5. The number of pyridine rings is 1. The standard InChI is InChI=1S/C13H11N3O/c1-8-6-15-7-10-4-9(2-3-11(8)10)12-5-13(14)17-16-12/h2-7H,14H2,1H3. The van der Waals surface area contributed by atoms with Gasteiger partial charge in [0.1, 0.15) is 5.69 Å². The molecule has 84 valence electrons. The number of fused-ring (bicyclic) bond motifs is 1.